The van der Waals surface area contributed by atoms with Gasteiger partial charge in [0.1, 0.15) is 5.75 Å². The highest BCUT2D eigenvalue weighted by Crippen LogP contribution is 2.27. The van der Waals surface area contributed by atoms with Crippen molar-refractivity contribution in [2.75, 3.05) is 26.2 Å². The molecular formula is C14H15N3O2S. The van der Waals surface area contributed by atoms with Gasteiger partial charge < -0.3 is 15.3 Å². The van der Waals surface area contributed by atoms with Gasteiger partial charge in [0.05, 0.1) is 11.1 Å². The van der Waals surface area contributed by atoms with E-state index in [9.17, 15) is 9.90 Å². The Labute approximate surface area is 120 Å². The third-order valence-corrected chi connectivity index (χ3v) is 4.19. The van der Waals surface area contributed by atoms with Gasteiger partial charge >= 0.3 is 0 Å². The highest BCUT2D eigenvalue weighted by atomic mass is 32.1. The number of thiophene rings is 1. The molecule has 1 aliphatic heterocycles. The number of piperazine rings is 1. The molecule has 0 saturated carbocycles. The lowest BCUT2D eigenvalue weighted by Crippen LogP contribution is -2.46. The summed E-state index contributed by atoms with van der Waals surface area (Å²) in [7, 11) is 0. The van der Waals surface area contributed by atoms with Crippen molar-refractivity contribution in [2.45, 2.75) is 0 Å². The topological polar surface area (TPSA) is 65.5 Å². The lowest BCUT2D eigenvalue weighted by atomic mass is 10.1. The molecule has 6 heteroatoms. The van der Waals surface area contributed by atoms with Crippen molar-refractivity contribution in [1.82, 2.24) is 15.2 Å². The number of carbonyl (C=O) groups excluding carboxylic acids is 1. The molecule has 0 aromatic carbocycles. The van der Waals surface area contributed by atoms with Crippen LogP contribution in [0.3, 0.4) is 0 Å². The Hall–Kier alpha value is -1.92. The molecule has 0 aliphatic carbocycles. The molecule has 1 amide bonds. The molecule has 0 spiro atoms. The summed E-state index contributed by atoms with van der Waals surface area (Å²) in [5, 5.41) is 14.6. The second-order valence-electron chi connectivity index (χ2n) is 4.67. The van der Waals surface area contributed by atoms with Crippen molar-refractivity contribution >= 4 is 17.2 Å². The van der Waals surface area contributed by atoms with E-state index >= 15 is 0 Å². The minimum Gasteiger partial charge on any atom is -0.506 e. The summed E-state index contributed by atoms with van der Waals surface area (Å²) in [6.07, 6.45) is 3.07. The largest absolute Gasteiger partial charge is 0.506 e. The van der Waals surface area contributed by atoms with Crippen LogP contribution in [0, 0.1) is 0 Å². The van der Waals surface area contributed by atoms with Gasteiger partial charge in [-0.2, -0.15) is 0 Å². The molecule has 2 aromatic rings. The minimum atomic E-state index is 0.0795. The van der Waals surface area contributed by atoms with Crippen molar-refractivity contribution in [2.24, 2.45) is 0 Å². The van der Waals surface area contributed by atoms with Gasteiger partial charge in [-0.3, -0.25) is 9.78 Å². The Morgan fingerprint density at radius 1 is 1.25 bits per heavy atom. The van der Waals surface area contributed by atoms with Gasteiger partial charge in [-0.1, -0.05) is 0 Å². The van der Waals surface area contributed by atoms with Crippen LogP contribution in [0.25, 0.3) is 11.1 Å². The molecule has 0 radical (unpaired) electrons. The van der Waals surface area contributed by atoms with Crippen LogP contribution in [0.4, 0.5) is 0 Å². The van der Waals surface area contributed by atoms with Crippen LogP contribution in [0.5, 0.6) is 5.75 Å². The Bertz CT molecular complexity index is 620. The molecule has 0 bridgehead atoms. The van der Waals surface area contributed by atoms with Crippen molar-refractivity contribution in [3.8, 4) is 16.9 Å². The van der Waals surface area contributed by atoms with Gasteiger partial charge in [0.2, 0.25) is 0 Å². The van der Waals surface area contributed by atoms with E-state index in [1.807, 2.05) is 16.3 Å². The summed E-state index contributed by atoms with van der Waals surface area (Å²) in [4.78, 5) is 18.9. The third-order valence-electron chi connectivity index (χ3n) is 3.27. The van der Waals surface area contributed by atoms with Crippen LogP contribution >= 0.6 is 11.3 Å². The smallest absolute Gasteiger partial charge is 0.264 e. The summed E-state index contributed by atoms with van der Waals surface area (Å²) in [5.74, 6) is 0.208. The molecule has 104 valence electrons. The third kappa shape index (κ3) is 2.66. The van der Waals surface area contributed by atoms with Gasteiger partial charge in [-0.15, -0.1) is 11.3 Å². The van der Waals surface area contributed by atoms with E-state index in [2.05, 4.69) is 10.3 Å². The Morgan fingerprint density at radius 2 is 2.05 bits per heavy atom. The first-order valence-electron chi connectivity index (χ1n) is 6.47. The van der Waals surface area contributed by atoms with Crippen LogP contribution in [0.15, 0.2) is 29.9 Å². The lowest BCUT2D eigenvalue weighted by molar-refractivity contribution is 0.0740. The molecule has 2 N–H and O–H groups in total. The van der Waals surface area contributed by atoms with E-state index in [1.165, 1.54) is 17.5 Å². The maximum Gasteiger partial charge on any atom is 0.264 e. The standard InChI is InChI=1S/C14H15N3O2S/c18-12-5-10(7-16-8-12)11-6-13(20-9-11)14(19)17-3-1-15-2-4-17/h5-9,15,18H,1-4H2. The number of aromatic nitrogens is 1. The molecular weight excluding hydrogens is 274 g/mol. The normalized spacial score (nSPS) is 15.3. The highest BCUT2D eigenvalue weighted by molar-refractivity contribution is 7.12. The number of aromatic hydroxyl groups is 1. The van der Waals surface area contributed by atoms with Gasteiger partial charge in [0, 0.05) is 37.9 Å². The SMILES string of the molecule is O=C(c1cc(-c2cncc(O)c2)cs1)N1CCNCC1. The number of carbonyl (C=O) groups is 1. The molecule has 0 atom stereocenters. The van der Waals surface area contributed by atoms with Crippen molar-refractivity contribution < 1.29 is 9.90 Å². The second-order valence-corrected chi connectivity index (χ2v) is 5.58. The fourth-order valence-electron chi connectivity index (χ4n) is 2.21. The monoisotopic (exact) mass is 289 g/mol. The minimum absolute atomic E-state index is 0.0795. The molecule has 5 nitrogen and oxygen atoms in total. The average molecular weight is 289 g/mol. The molecule has 3 rings (SSSR count). The zero-order chi connectivity index (χ0) is 13.9. The van der Waals surface area contributed by atoms with E-state index in [0.717, 1.165) is 42.2 Å². The Kier molecular flexibility index (Phi) is 3.66. The van der Waals surface area contributed by atoms with Crippen LogP contribution < -0.4 is 5.32 Å². The number of nitrogens with zero attached hydrogens (tertiary/aromatic N) is 2. The van der Waals surface area contributed by atoms with Crippen LogP contribution in [-0.4, -0.2) is 47.1 Å². The van der Waals surface area contributed by atoms with Gasteiger partial charge in [-0.25, -0.2) is 0 Å². The van der Waals surface area contributed by atoms with Crippen molar-refractivity contribution in [1.29, 1.82) is 0 Å². The predicted molar refractivity (Wildman–Crippen MR) is 78.0 cm³/mol. The molecule has 3 heterocycles. The fourth-order valence-corrected chi connectivity index (χ4v) is 3.09. The Balaban J connectivity index is 1.81. The average Bonchev–Trinajstić information content (AvgIpc) is 2.97. The molecule has 1 saturated heterocycles. The van der Waals surface area contributed by atoms with Gasteiger partial charge in [0.25, 0.3) is 5.91 Å². The first kappa shape index (κ1) is 13.1. The molecule has 1 fully saturated rings. The first-order chi connectivity index (χ1) is 9.74. The number of hydrogen-bond acceptors (Lipinski definition) is 5. The number of rotatable bonds is 2. The Morgan fingerprint density at radius 3 is 2.80 bits per heavy atom. The quantitative estimate of drug-likeness (QED) is 0.880. The maximum absolute atomic E-state index is 12.4. The zero-order valence-corrected chi connectivity index (χ0v) is 11.7. The van der Waals surface area contributed by atoms with Crippen LogP contribution in [-0.2, 0) is 0 Å². The molecule has 20 heavy (non-hydrogen) atoms. The molecule has 0 unspecified atom stereocenters. The number of pyridine rings is 1. The number of amides is 1. The number of nitrogens with one attached hydrogen (secondary N) is 1. The van der Waals surface area contributed by atoms with E-state index < -0.39 is 0 Å². The first-order valence-corrected chi connectivity index (χ1v) is 7.35. The van der Waals surface area contributed by atoms with Crippen molar-refractivity contribution in [3.63, 3.8) is 0 Å². The maximum atomic E-state index is 12.4. The fraction of sp³-hybridized carbons (Fsp3) is 0.286. The summed E-state index contributed by atoms with van der Waals surface area (Å²) >= 11 is 1.43. The molecule has 2 aromatic heterocycles. The zero-order valence-electron chi connectivity index (χ0n) is 10.9. The highest BCUT2D eigenvalue weighted by Gasteiger charge is 2.19. The molecule has 1 aliphatic rings. The number of hydrogen-bond donors (Lipinski definition) is 2. The summed E-state index contributed by atoms with van der Waals surface area (Å²) in [6.45, 7) is 3.19. The lowest BCUT2D eigenvalue weighted by Gasteiger charge is -2.26. The summed E-state index contributed by atoms with van der Waals surface area (Å²) in [5.41, 5.74) is 1.73. The van der Waals surface area contributed by atoms with Crippen LogP contribution in [0.1, 0.15) is 9.67 Å². The van der Waals surface area contributed by atoms with Crippen molar-refractivity contribution in [3.05, 3.63) is 34.8 Å². The van der Waals surface area contributed by atoms with Gasteiger partial charge in [-0.05, 0) is 23.1 Å². The second kappa shape index (κ2) is 5.60. The van der Waals surface area contributed by atoms with E-state index in [4.69, 9.17) is 0 Å². The van der Waals surface area contributed by atoms with E-state index in [-0.39, 0.29) is 11.7 Å². The van der Waals surface area contributed by atoms with Crippen LogP contribution in [0.2, 0.25) is 0 Å². The summed E-state index contributed by atoms with van der Waals surface area (Å²) < 4.78 is 0. The predicted octanol–water partition coefficient (Wildman–Crippen LogP) is 1.56. The van der Waals surface area contributed by atoms with E-state index in [1.54, 1.807) is 12.3 Å². The summed E-state index contributed by atoms with van der Waals surface area (Å²) in [6, 6.07) is 3.51. The van der Waals surface area contributed by atoms with Gasteiger partial charge in [0.15, 0.2) is 0 Å². The van der Waals surface area contributed by atoms with E-state index in [0.29, 0.717) is 0 Å².